The third-order valence-electron chi connectivity index (χ3n) is 3.24. The standard InChI is InChI=1S/C18H19BrFNO3/c1-2-23-11-14-5-3-13(4-6-14)10-21-18(22)12-24-17-8-7-15(19)9-16(17)20/h3-9H,2,10-12H2,1H3,(H,21,22). The van der Waals surface area contributed by atoms with Crippen molar-refractivity contribution in [2.45, 2.75) is 20.1 Å². The Kier molecular flexibility index (Phi) is 7.21. The number of carbonyl (C=O) groups excluding carboxylic acids is 1. The number of carbonyl (C=O) groups is 1. The summed E-state index contributed by atoms with van der Waals surface area (Å²) in [5.74, 6) is -0.772. The van der Waals surface area contributed by atoms with Crippen LogP contribution in [0.2, 0.25) is 0 Å². The predicted octanol–water partition coefficient (Wildman–Crippen LogP) is 3.82. The minimum Gasteiger partial charge on any atom is -0.481 e. The fourth-order valence-electron chi connectivity index (χ4n) is 1.96. The highest BCUT2D eigenvalue weighted by Crippen LogP contribution is 2.21. The summed E-state index contributed by atoms with van der Waals surface area (Å²) in [7, 11) is 0. The number of nitrogens with one attached hydrogen (secondary N) is 1. The lowest BCUT2D eigenvalue weighted by Crippen LogP contribution is -2.28. The van der Waals surface area contributed by atoms with Gasteiger partial charge in [0.2, 0.25) is 0 Å². The molecule has 24 heavy (non-hydrogen) atoms. The quantitative estimate of drug-likeness (QED) is 0.738. The van der Waals surface area contributed by atoms with E-state index in [9.17, 15) is 9.18 Å². The van der Waals surface area contributed by atoms with Crippen LogP contribution in [-0.4, -0.2) is 19.1 Å². The summed E-state index contributed by atoms with van der Waals surface area (Å²) in [4.78, 5) is 11.8. The molecule has 4 nitrogen and oxygen atoms in total. The topological polar surface area (TPSA) is 47.6 Å². The van der Waals surface area contributed by atoms with Crippen LogP contribution in [0.1, 0.15) is 18.1 Å². The Bertz CT molecular complexity index is 676. The lowest BCUT2D eigenvalue weighted by Gasteiger charge is -2.09. The molecule has 0 aliphatic rings. The van der Waals surface area contributed by atoms with Gasteiger partial charge >= 0.3 is 0 Å². The molecule has 1 N–H and O–H groups in total. The van der Waals surface area contributed by atoms with Crippen molar-refractivity contribution in [1.29, 1.82) is 0 Å². The zero-order valence-corrected chi connectivity index (χ0v) is 14.9. The van der Waals surface area contributed by atoms with Gasteiger partial charge in [0.1, 0.15) is 0 Å². The molecule has 0 bridgehead atoms. The molecule has 0 unspecified atom stereocenters. The first-order chi connectivity index (χ1) is 11.6. The van der Waals surface area contributed by atoms with E-state index in [4.69, 9.17) is 9.47 Å². The molecule has 0 spiro atoms. The Balaban J connectivity index is 1.76. The highest BCUT2D eigenvalue weighted by molar-refractivity contribution is 9.10. The molecule has 2 aromatic rings. The maximum absolute atomic E-state index is 13.6. The molecule has 128 valence electrons. The van der Waals surface area contributed by atoms with Crippen molar-refractivity contribution in [2.24, 2.45) is 0 Å². The van der Waals surface area contributed by atoms with Crippen molar-refractivity contribution in [2.75, 3.05) is 13.2 Å². The van der Waals surface area contributed by atoms with Crippen LogP contribution in [0.4, 0.5) is 4.39 Å². The fourth-order valence-corrected chi connectivity index (χ4v) is 2.29. The Morgan fingerprint density at radius 2 is 1.88 bits per heavy atom. The average molecular weight is 396 g/mol. The molecule has 1 amide bonds. The highest BCUT2D eigenvalue weighted by atomic mass is 79.9. The lowest BCUT2D eigenvalue weighted by molar-refractivity contribution is -0.123. The third-order valence-corrected chi connectivity index (χ3v) is 3.73. The minimum atomic E-state index is -0.512. The van der Waals surface area contributed by atoms with E-state index in [-0.39, 0.29) is 18.3 Å². The van der Waals surface area contributed by atoms with Crippen molar-refractivity contribution in [3.05, 3.63) is 63.9 Å². The highest BCUT2D eigenvalue weighted by Gasteiger charge is 2.07. The first kappa shape index (κ1) is 18.4. The van der Waals surface area contributed by atoms with Gasteiger partial charge in [0.15, 0.2) is 18.2 Å². The van der Waals surface area contributed by atoms with Crippen LogP contribution >= 0.6 is 15.9 Å². The van der Waals surface area contributed by atoms with Gasteiger partial charge in [-0.05, 0) is 36.2 Å². The van der Waals surface area contributed by atoms with Crippen LogP contribution < -0.4 is 10.1 Å². The Morgan fingerprint density at radius 1 is 1.17 bits per heavy atom. The van der Waals surface area contributed by atoms with Gasteiger partial charge in [-0.2, -0.15) is 0 Å². The van der Waals surface area contributed by atoms with Gasteiger partial charge in [0.25, 0.3) is 5.91 Å². The van der Waals surface area contributed by atoms with Crippen LogP contribution in [0, 0.1) is 5.82 Å². The second kappa shape index (κ2) is 9.39. The largest absolute Gasteiger partial charge is 0.481 e. The SMILES string of the molecule is CCOCc1ccc(CNC(=O)COc2ccc(Br)cc2F)cc1. The smallest absolute Gasteiger partial charge is 0.258 e. The second-order valence-electron chi connectivity index (χ2n) is 5.09. The van der Waals surface area contributed by atoms with Gasteiger partial charge in [0, 0.05) is 17.6 Å². The van der Waals surface area contributed by atoms with Crippen molar-refractivity contribution in [3.8, 4) is 5.75 Å². The molecule has 0 heterocycles. The molecule has 0 atom stereocenters. The van der Waals surface area contributed by atoms with Crippen molar-refractivity contribution >= 4 is 21.8 Å². The molecule has 0 aliphatic heterocycles. The summed E-state index contributed by atoms with van der Waals surface area (Å²) < 4.78 is 24.7. The zero-order chi connectivity index (χ0) is 17.4. The third kappa shape index (κ3) is 5.94. The van der Waals surface area contributed by atoms with E-state index in [0.29, 0.717) is 24.2 Å². The van der Waals surface area contributed by atoms with Gasteiger partial charge in [-0.25, -0.2) is 4.39 Å². The van der Waals surface area contributed by atoms with Gasteiger partial charge in [-0.3, -0.25) is 4.79 Å². The summed E-state index contributed by atoms with van der Waals surface area (Å²) >= 11 is 3.16. The van der Waals surface area contributed by atoms with E-state index < -0.39 is 5.82 Å². The van der Waals surface area contributed by atoms with E-state index in [1.54, 1.807) is 6.07 Å². The molecule has 0 aromatic heterocycles. The summed E-state index contributed by atoms with van der Waals surface area (Å²) in [6.07, 6.45) is 0. The average Bonchev–Trinajstić information content (AvgIpc) is 2.58. The van der Waals surface area contributed by atoms with E-state index in [0.717, 1.165) is 11.1 Å². The van der Waals surface area contributed by atoms with Crippen LogP contribution in [0.3, 0.4) is 0 Å². The Morgan fingerprint density at radius 3 is 2.54 bits per heavy atom. The van der Waals surface area contributed by atoms with Gasteiger partial charge < -0.3 is 14.8 Å². The first-order valence-corrected chi connectivity index (χ1v) is 8.38. The van der Waals surface area contributed by atoms with Gasteiger partial charge in [-0.1, -0.05) is 40.2 Å². The molecule has 0 saturated heterocycles. The van der Waals surface area contributed by atoms with Crippen LogP contribution in [0.25, 0.3) is 0 Å². The minimum absolute atomic E-state index is 0.0497. The normalized spacial score (nSPS) is 10.5. The summed E-state index contributed by atoms with van der Waals surface area (Å²) in [5.41, 5.74) is 2.05. The lowest BCUT2D eigenvalue weighted by atomic mass is 10.1. The maximum atomic E-state index is 13.6. The summed E-state index contributed by atoms with van der Waals surface area (Å²) in [6, 6.07) is 12.2. The molecule has 0 fully saturated rings. The van der Waals surface area contributed by atoms with E-state index in [2.05, 4.69) is 21.2 Å². The Labute approximate surface area is 149 Å². The van der Waals surface area contributed by atoms with Crippen LogP contribution in [-0.2, 0) is 22.7 Å². The number of amides is 1. The van der Waals surface area contributed by atoms with Crippen LogP contribution in [0.15, 0.2) is 46.9 Å². The van der Waals surface area contributed by atoms with Crippen LogP contribution in [0.5, 0.6) is 5.75 Å². The molecule has 2 rings (SSSR count). The molecule has 6 heteroatoms. The number of hydrogen-bond donors (Lipinski definition) is 1. The van der Waals surface area contributed by atoms with E-state index in [1.807, 2.05) is 31.2 Å². The number of benzene rings is 2. The predicted molar refractivity (Wildman–Crippen MR) is 93.2 cm³/mol. The zero-order valence-electron chi connectivity index (χ0n) is 13.4. The van der Waals surface area contributed by atoms with Gasteiger partial charge in [0.05, 0.1) is 6.61 Å². The molecular formula is C18H19BrFNO3. The molecule has 2 aromatic carbocycles. The molecule has 0 aliphatic carbocycles. The molecular weight excluding hydrogens is 377 g/mol. The number of hydrogen-bond acceptors (Lipinski definition) is 3. The number of rotatable bonds is 8. The van der Waals surface area contributed by atoms with E-state index >= 15 is 0 Å². The first-order valence-electron chi connectivity index (χ1n) is 7.58. The number of ether oxygens (including phenoxy) is 2. The molecule has 0 radical (unpaired) electrons. The van der Waals surface area contributed by atoms with Gasteiger partial charge in [-0.15, -0.1) is 0 Å². The van der Waals surface area contributed by atoms with E-state index in [1.165, 1.54) is 12.1 Å². The monoisotopic (exact) mass is 395 g/mol. The van der Waals surface area contributed by atoms with Crippen molar-refractivity contribution < 1.29 is 18.7 Å². The Hall–Kier alpha value is -1.92. The van der Waals surface area contributed by atoms with Crippen molar-refractivity contribution in [1.82, 2.24) is 5.32 Å². The second-order valence-corrected chi connectivity index (χ2v) is 6.01. The number of halogens is 2. The van der Waals surface area contributed by atoms with Crippen molar-refractivity contribution in [3.63, 3.8) is 0 Å². The summed E-state index contributed by atoms with van der Waals surface area (Å²) in [5, 5.41) is 2.74. The molecule has 0 saturated carbocycles. The summed E-state index contributed by atoms with van der Waals surface area (Å²) in [6.45, 7) is 3.36. The fraction of sp³-hybridized carbons (Fsp3) is 0.278. The maximum Gasteiger partial charge on any atom is 0.258 e.